The molecule has 0 aliphatic carbocycles. The highest BCUT2D eigenvalue weighted by molar-refractivity contribution is 8.04. The van der Waals surface area contributed by atoms with Gasteiger partial charge < -0.3 is 14.7 Å². The van der Waals surface area contributed by atoms with Crippen LogP contribution in [-0.2, 0) is 4.79 Å². The summed E-state index contributed by atoms with van der Waals surface area (Å²) >= 11 is 7.68. The predicted octanol–water partition coefficient (Wildman–Crippen LogP) is 5.41. The first-order valence-electron chi connectivity index (χ1n) is 11.2. The fourth-order valence-corrected chi connectivity index (χ4v) is 5.52. The van der Waals surface area contributed by atoms with Crippen molar-refractivity contribution < 1.29 is 9.59 Å². The molecule has 0 unspecified atom stereocenters. The SMILES string of the molecule is CN1C(=O)/C(=C/c2ccccc2Cl)Sc2ccc(C(=O)N3CCN(c4ccccc4)CC3)cc21. The first-order valence-corrected chi connectivity index (χ1v) is 12.4. The fraction of sp³-hybridized carbons (Fsp3) is 0.185. The van der Waals surface area contributed by atoms with Gasteiger partial charge in [0.25, 0.3) is 11.8 Å². The van der Waals surface area contributed by atoms with Crippen LogP contribution in [0.4, 0.5) is 11.4 Å². The monoisotopic (exact) mass is 489 g/mol. The van der Waals surface area contributed by atoms with Crippen LogP contribution in [0.5, 0.6) is 0 Å². The number of carbonyl (C=O) groups excluding carboxylic acids is 2. The second kappa shape index (κ2) is 9.57. The minimum atomic E-state index is -0.113. The zero-order valence-electron chi connectivity index (χ0n) is 18.8. The summed E-state index contributed by atoms with van der Waals surface area (Å²) in [5.74, 6) is -0.114. The number of nitrogens with zero attached hydrogens (tertiary/aromatic N) is 3. The van der Waals surface area contributed by atoms with Gasteiger partial charge in [0.05, 0.1) is 10.6 Å². The lowest BCUT2D eigenvalue weighted by Crippen LogP contribution is -2.48. The van der Waals surface area contributed by atoms with Gasteiger partial charge in [0, 0.05) is 54.4 Å². The van der Waals surface area contributed by atoms with Gasteiger partial charge in [-0.25, -0.2) is 0 Å². The number of anilines is 2. The molecule has 5 nitrogen and oxygen atoms in total. The average molecular weight is 490 g/mol. The number of amides is 2. The van der Waals surface area contributed by atoms with Crippen molar-refractivity contribution in [1.29, 1.82) is 0 Å². The van der Waals surface area contributed by atoms with E-state index in [9.17, 15) is 9.59 Å². The van der Waals surface area contributed by atoms with Gasteiger partial charge in [0.1, 0.15) is 0 Å². The Morgan fingerprint density at radius 3 is 2.38 bits per heavy atom. The second-order valence-corrected chi connectivity index (χ2v) is 9.78. The number of hydrogen-bond donors (Lipinski definition) is 0. The first-order chi connectivity index (χ1) is 16.5. The van der Waals surface area contributed by atoms with Gasteiger partial charge in [0.15, 0.2) is 0 Å². The number of likely N-dealkylation sites (N-methyl/N-ethyl adjacent to an activating group) is 1. The summed E-state index contributed by atoms with van der Waals surface area (Å²) in [5.41, 5.74) is 3.34. The van der Waals surface area contributed by atoms with Crippen molar-refractivity contribution in [2.75, 3.05) is 43.0 Å². The number of piperazine rings is 1. The van der Waals surface area contributed by atoms with E-state index in [0.717, 1.165) is 29.2 Å². The van der Waals surface area contributed by atoms with Crippen molar-refractivity contribution in [1.82, 2.24) is 4.90 Å². The summed E-state index contributed by atoms with van der Waals surface area (Å²) in [6.07, 6.45) is 1.82. The minimum Gasteiger partial charge on any atom is -0.368 e. The van der Waals surface area contributed by atoms with E-state index in [1.54, 1.807) is 18.0 Å². The van der Waals surface area contributed by atoms with Crippen molar-refractivity contribution >= 4 is 52.6 Å². The normalized spacial score (nSPS) is 17.2. The molecule has 3 aromatic rings. The van der Waals surface area contributed by atoms with Gasteiger partial charge in [-0.15, -0.1) is 0 Å². The van der Waals surface area contributed by atoms with Gasteiger partial charge in [-0.2, -0.15) is 0 Å². The maximum absolute atomic E-state index is 13.2. The minimum absolute atomic E-state index is 0.00114. The maximum Gasteiger partial charge on any atom is 0.264 e. The third kappa shape index (κ3) is 4.43. The average Bonchev–Trinajstić information content (AvgIpc) is 2.88. The Labute approximate surface area is 208 Å². The molecule has 2 heterocycles. The van der Waals surface area contributed by atoms with Crippen LogP contribution in [0, 0.1) is 0 Å². The van der Waals surface area contributed by atoms with Gasteiger partial charge in [0.2, 0.25) is 0 Å². The van der Waals surface area contributed by atoms with Crippen molar-refractivity contribution in [2.45, 2.75) is 4.90 Å². The Morgan fingerprint density at radius 1 is 0.941 bits per heavy atom. The molecule has 1 saturated heterocycles. The summed E-state index contributed by atoms with van der Waals surface area (Å²) < 4.78 is 0. The Morgan fingerprint density at radius 2 is 1.65 bits per heavy atom. The third-order valence-corrected chi connectivity index (χ3v) is 7.60. The zero-order valence-corrected chi connectivity index (χ0v) is 20.4. The maximum atomic E-state index is 13.2. The summed E-state index contributed by atoms with van der Waals surface area (Å²) in [7, 11) is 1.74. The number of benzene rings is 3. The molecular formula is C27H24ClN3O2S. The Bertz CT molecular complexity index is 1270. The zero-order chi connectivity index (χ0) is 23.7. The number of carbonyl (C=O) groups is 2. The van der Waals surface area contributed by atoms with E-state index in [4.69, 9.17) is 11.6 Å². The van der Waals surface area contributed by atoms with Crippen molar-refractivity contribution in [2.24, 2.45) is 0 Å². The number of hydrogen-bond acceptors (Lipinski definition) is 4. The van der Waals surface area contributed by atoms with Crippen LogP contribution in [-0.4, -0.2) is 49.9 Å². The van der Waals surface area contributed by atoms with E-state index in [1.165, 1.54) is 17.4 Å². The molecule has 0 saturated carbocycles. The van der Waals surface area contributed by atoms with Crippen molar-refractivity contribution in [3.63, 3.8) is 0 Å². The molecule has 0 atom stereocenters. The number of halogens is 1. The largest absolute Gasteiger partial charge is 0.368 e. The fourth-order valence-electron chi connectivity index (χ4n) is 4.25. The Kier molecular flexibility index (Phi) is 6.35. The molecule has 2 aliphatic rings. The van der Waals surface area contributed by atoms with E-state index >= 15 is 0 Å². The van der Waals surface area contributed by atoms with Crippen LogP contribution in [0.25, 0.3) is 6.08 Å². The van der Waals surface area contributed by atoms with Gasteiger partial charge >= 0.3 is 0 Å². The number of rotatable bonds is 3. The van der Waals surface area contributed by atoms with E-state index in [1.807, 2.05) is 65.6 Å². The molecule has 0 bridgehead atoms. The highest BCUT2D eigenvalue weighted by Crippen LogP contribution is 2.42. The predicted molar refractivity (Wildman–Crippen MR) is 140 cm³/mol. The van der Waals surface area contributed by atoms with Crippen LogP contribution in [0.1, 0.15) is 15.9 Å². The van der Waals surface area contributed by atoms with Crippen LogP contribution in [0.3, 0.4) is 0 Å². The summed E-state index contributed by atoms with van der Waals surface area (Å²) in [6.45, 7) is 2.92. The molecule has 0 spiro atoms. The molecule has 7 heteroatoms. The summed E-state index contributed by atoms with van der Waals surface area (Å²) in [5, 5.41) is 0.602. The molecule has 3 aromatic carbocycles. The van der Waals surface area contributed by atoms with Crippen molar-refractivity contribution in [3.8, 4) is 0 Å². The molecule has 5 rings (SSSR count). The second-order valence-electron chi connectivity index (χ2n) is 8.29. The molecule has 2 aliphatic heterocycles. The highest BCUT2D eigenvalue weighted by Gasteiger charge is 2.29. The van der Waals surface area contributed by atoms with E-state index in [0.29, 0.717) is 28.6 Å². The van der Waals surface area contributed by atoms with E-state index in [2.05, 4.69) is 17.0 Å². The lowest BCUT2D eigenvalue weighted by molar-refractivity contribution is -0.114. The Hall–Kier alpha value is -3.22. The molecule has 0 aromatic heterocycles. The van der Waals surface area contributed by atoms with Gasteiger partial charge in [-0.3, -0.25) is 9.59 Å². The molecule has 172 valence electrons. The smallest absolute Gasteiger partial charge is 0.264 e. The van der Waals surface area contributed by atoms with E-state index in [-0.39, 0.29) is 11.8 Å². The van der Waals surface area contributed by atoms with Crippen molar-refractivity contribution in [3.05, 3.63) is 93.9 Å². The topological polar surface area (TPSA) is 43.9 Å². The van der Waals surface area contributed by atoms with Gasteiger partial charge in [-0.05, 0) is 48.0 Å². The number of fused-ring (bicyclic) bond motifs is 1. The quantitative estimate of drug-likeness (QED) is 0.461. The first kappa shape index (κ1) is 22.6. The van der Waals surface area contributed by atoms with E-state index < -0.39 is 0 Å². The number of thioether (sulfide) groups is 1. The lowest BCUT2D eigenvalue weighted by atomic mass is 10.1. The molecule has 1 fully saturated rings. The number of para-hydroxylation sites is 1. The third-order valence-electron chi connectivity index (χ3n) is 6.18. The van der Waals surface area contributed by atoms with Gasteiger partial charge in [-0.1, -0.05) is 59.8 Å². The molecule has 2 amide bonds. The summed E-state index contributed by atoms with van der Waals surface area (Å²) in [4.78, 5) is 33.6. The van der Waals surface area contributed by atoms with Crippen LogP contribution in [0.2, 0.25) is 5.02 Å². The molecule has 34 heavy (non-hydrogen) atoms. The molecule has 0 N–H and O–H groups in total. The highest BCUT2D eigenvalue weighted by atomic mass is 35.5. The molecule has 0 radical (unpaired) electrons. The standard InChI is InChI=1S/C27H24ClN3O2S/c1-29-23-17-20(26(32)31-15-13-30(14-16-31)21-8-3-2-4-9-21)11-12-24(23)34-25(27(29)33)18-19-7-5-6-10-22(19)28/h2-12,17-18H,13-16H2,1H3/b25-18-. The summed E-state index contributed by atoms with van der Waals surface area (Å²) in [6, 6.07) is 23.3. The van der Waals surface area contributed by atoms with Crippen LogP contribution < -0.4 is 9.80 Å². The van der Waals surface area contributed by atoms with Crippen LogP contribution in [0.15, 0.2) is 82.6 Å². The molecular weight excluding hydrogens is 466 g/mol. The lowest BCUT2D eigenvalue weighted by Gasteiger charge is -2.36. The van der Waals surface area contributed by atoms with Crippen LogP contribution >= 0.6 is 23.4 Å². The Balaban J connectivity index is 1.32.